The first kappa shape index (κ1) is 14.5. The quantitative estimate of drug-likeness (QED) is 0.833. The Balaban J connectivity index is 1.81. The van der Waals surface area contributed by atoms with E-state index in [1.54, 1.807) is 0 Å². The van der Waals surface area contributed by atoms with E-state index >= 15 is 0 Å². The highest BCUT2D eigenvalue weighted by Crippen LogP contribution is 2.56. The summed E-state index contributed by atoms with van der Waals surface area (Å²) in [4.78, 5) is 0. The van der Waals surface area contributed by atoms with Gasteiger partial charge in [-0.2, -0.15) is 0 Å². The number of aliphatic hydroxyl groups is 1. The SMILES string of the molecule is C[Si](C)(c1ccccc1)[C@H](CO)[C@H]1C[C@@H]1c1ccccc1. The third-order valence-corrected chi connectivity index (χ3v) is 9.51. The van der Waals surface area contributed by atoms with Crippen molar-refractivity contribution in [2.75, 3.05) is 6.61 Å². The standard InChI is InChI=1S/C19H24OSi/c1-21(2,16-11-7-4-8-12-16)19(14-20)18-13-17(18)15-9-5-3-6-10-15/h3-12,17-20H,13-14H2,1-2H3/t17-,18+,19-/m1/s1. The molecule has 110 valence electrons. The molecule has 3 rings (SSSR count). The van der Waals surface area contributed by atoms with Gasteiger partial charge in [0.05, 0.1) is 8.07 Å². The molecule has 1 nitrogen and oxygen atoms in total. The number of benzene rings is 2. The first-order valence-corrected chi connectivity index (χ1v) is 10.9. The van der Waals surface area contributed by atoms with E-state index in [0.717, 1.165) is 0 Å². The Morgan fingerprint density at radius 1 is 1.00 bits per heavy atom. The maximum absolute atomic E-state index is 10.0. The van der Waals surface area contributed by atoms with Crippen molar-refractivity contribution in [3.63, 3.8) is 0 Å². The van der Waals surface area contributed by atoms with Crippen molar-refractivity contribution in [3.8, 4) is 0 Å². The van der Waals surface area contributed by atoms with E-state index in [1.165, 1.54) is 17.2 Å². The molecule has 0 amide bonds. The molecule has 0 spiro atoms. The van der Waals surface area contributed by atoms with Gasteiger partial charge in [-0.25, -0.2) is 0 Å². The molecule has 2 aromatic rings. The van der Waals surface area contributed by atoms with E-state index in [4.69, 9.17) is 0 Å². The van der Waals surface area contributed by atoms with Crippen molar-refractivity contribution in [2.24, 2.45) is 5.92 Å². The summed E-state index contributed by atoms with van der Waals surface area (Å²) in [6.45, 7) is 5.13. The monoisotopic (exact) mass is 296 g/mol. The average molecular weight is 296 g/mol. The van der Waals surface area contributed by atoms with Crippen LogP contribution in [0.25, 0.3) is 0 Å². The Morgan fingerprint density at radius 3 is 2.14 bits per heavy atom. The fourth-order valence-corrected chi connectivity index (χ4v) is 7.10. The van der Waals surface area contributed by atoms with E-state index in [2.05, 4.69) is 73.8 Å². The first-order chi connectivity index (χ1) is 10.1. The van der Waals surface area contributed by atoms with Crippen LogP contribution in [0.1, 0.15) is 17.9 Å². The molecule has 0 aromatic heterocycles. The Hall–Kier alpha value is -1.38. The molecule has 0 unspecified atom stereocenters. The molecule has 1 aliphatic carbocycles. The fourth-order valence-electron chi connectivity index (χ4n) is 3.72. The van der Waals surface area contributed by atoms with Gasteiger partial charge in [0.1, 0.15) is 0 Å². The molecular formula is C19H24OSi. The molecule has 0 heterocycles. The normalized spacial score (nSPS) is 22.8. The van der Waals surface area contributed by atoms with Crippen LogP contribution in [-0.2, 0) is 0 Å². The van der Waals surface area contributed by atoms with Gasteiger partial charge in [0.15, 0.2) is 0 Å². The minimum absolute atomic E-state index is 0.322. The van der Waals surface area contributed by atoms with Gasteiger partial charge < -0.3 is 5.11 Å². The summed E-state index contributed by atoms with van der Waals surface area (Å²) in [6, 6.07) is 21.6. The van der Waals surface area contributed by atoms with Gasteiger partial charge in [0.25, 0.3) is 0 Å². The maximum atomic E-state index is 10.0. The number of hydrogen-bond donors (Lipinski definition) is 1. The van der Waals surface area contributed by atoms with Crippen molar-refractivity contribution in [1.82, 2.24) is 0 Å². The molecular weight excluding hydrogens is 272 g/mol. The van der Waals surface area contributed by atoms with Gasteiger partial charge in [0.2, 0.25) is 0 Å². The Labute approximate surface area is 128 Å². The summed E-state index contributed by atoms with van der Waals surface area (Å²) >= 11 is 0. The van der Waals surface area contributed by atoms with Crippen LogP contribution in [-0.4, -0.2) is 19.8 Å². The zero-order valence-corrected chi connectivity index (χ0v) is 13.9. The topological polar surface area (TPSA) is 20.2 Å². The molecule has 1 aliphatic rings. The first-order valence-electron chi connectivity index (χ1n) is 7.86. The summed E-state index contributed by atoms with van der Waals surface area (Å²) in [5.74, 6) is 1.30. The number of aliphatic hydroxyl groups excluding tert-OH is 1. The molecule has 3 atom stereocenters. The van der Waals surface area contributed by atoms with Gasteiger partial charge in [-0.15, -0.1) is 0 Å². The molecule has 21 heavy (non-hydrogen) atoms. The Morgan fingerprint density at radius 2 is 1.57 bits per heavy atom. The molecule has 0 bridgehead atoms. The Kier molecular flexibility index (Phi) is 4.00. The van der Waals surface area contributed by atoms with Gasteiger partial charge in [-0.3, -0.25) is 0 Å². The van der Waals surface area contributed by atoms with Crippen molar-refractivity contribution >= 4 is 13.3 Å². The van der Waals surface area contributed by atoms with Crippen LogP contribution < -0.4 is 5.19 Å². The molecule has 0 aliphatic heterocycles. The zero-order chi connectivity index (χ0) is 14.9. The van der Waals surface area contributed by atoms with E-state index in [-0.39, 0.29) is 0 Å². The molecule has 1 N–H and O–H groups in total. The molecule has 2 heteroatoms. The molecule has 1 fully saturated rings. The lowest BCUT2D eigenvalue weighted by Gasteiger charge is -2.32. The second kappa shape index (κ2) is 5.78. The predicted octanol–water partition coefficient (Wildman–Crippen LogP) is 3.77. The third-order valence-electron chi connectivity index (χ3n) is 5.23. The average Bonchev–Trinajstić information content (AvgIpc) is 3.30. The minimum atomic E-state index is -1.63. The van der Waals surface area contributed by atoms with E-state index < -0.39 is 8.07 Å². The number of hydrogen-bond acceptors (Lipinski definition) is 1. The van der Waals surface area contributed by atoms with E-state index in [9.17, 15) is 5.11 Å². The second-order valence-corrected chi connectivity index (χ2v) is 11.6. The van der Waals surface area contributed by atoms with Crippen LogP contribution in [0.2, 0.25) is 18.6 Å². The highest BCUT2D eigenvalue weighted by Gasteiger charge is 2.49. The van der Waals surface area contributed by atoms with Crippen molar-refractivity contribution < 1.29 is 5.11 Å². The summed E-state index contributed by atoms with van der Waals surface area (Å²) in [6.07, 6.45) is 1.23. The smallest absolute Gasteiger partial charge is 0.0862 e. The van der Waals surface area contributed by atoms with Crippen LogP contribution >= 0.6 is 0 Å². The predicted molar refractivity (Wildman–Crippen MR) is 91.7 cm³/mol. The summed E-state index contributed by atoms with van der Waals surface area (Å²) in [7, 11) is -1.63. The van der Waals surface area contributed by atoms with Crippen LogP contribution in [0, 0.1) is 5.92 Å². The van der Waals surface area contributed by atoms with E-state index in [0.29, 0.717) is 24.0 Å². The van der Waals surface area contributed by atoms with Crippen LogP contribution in [0.4, 0.5) is 0 Å². The maximum Gasteiger partial charge on any atom is 0.0862 e. The summed E-state index contributed by atoms with van der Waals surface area (Å²) in [5, 5.41) is 11.5. The van der Waals surface area contributed by atoms with Crippen molar-refractivity contribution in [1.29, 1.82) is 0 Å². The molecule has 1 saturated carbocycles. The molecule has 0 saturated heterocycles. The van der Waals surface area contributed by atoms with Crippen LogP contribution in [0.5, 0.6) is 0 Å². The highest BCUT2D eigenvalue weighted by molar-refractivity contribution is 6.91. The van der Waals surface area contributed by atoms with Crippen molar-refractivity contribution in [2.45, 2.75) is 31.0 Å². The summed E-state index contributed by atoms with van der Waals surface area (Å²) < 4.78 is 0. The second-order valence-electron chi connectivity index (χ2n) is 6.79. The Bertz CT molecular complexity index is 579. The van der Waals surface area contributed by atoms with Gasteiger partial charge in [-0.1, -0.05) is 78.9 Å². The minimum Gasteiger partial charge on any atom is -0.396 e. The van der Waals surface area contributed by atoms with Gasteiger partial charge in [0, 0.05) is 6.61 Å². The van der Waals surface area contributed by atoms with E-state index in [1.807, 2.05) is 0 Å². The van der Waals surface area contributed by atoms with Gasteiger partial charge in [-0.05, 0) is 29.4 Å². The van der Waals surface area contributed by atoms with Crippen LogP contribution in [0.15, 0.2) is 60.7 Å². The fraction of sp³-hybridized carbons (Fsp3) is 0.368. The third kappa shape index (κ3) is 2.83. The molecule has 0 radical (unpaired) electrons. The summed E-state index contributed by atoms with van der Waals surface area (Å²) in [5.41, 5.74) is 1.89. The van der Waals surface area contributed by atoms with Crippen LogP contribution in [0.3, 0.4) is 0 Å². The molecule has 2 aromatic carbocycles. The van der Waals surface area contributed by atoms with Gasteiger partial charge >= 0.3 is 0 Å². The largest absolute Gasteiger partial charge is 0.396 e. The number of rotatable bonds is 5. The highest BCUT2D eigenvalue weighted by atomic mass is 28.3. The zero-order valence-electron chi connectivity index (χ0n) is 12.9. The lowest BCUT2D eigenvalue weighted by Crippen LogP contribution is -2.48. The van der Waals surface area contributed by atoms with Crippen molar-refractivity contribution in [3.05, 3.63) is 66.2 Å². The lowest BCUT2D eigenvalue weighted by molar-refractivity contribution is 0.275. The lowest BCUT2D eigenvalue weighted by atomic mass is 10.1.